The van der Waals surface area contributed by atoms with Crippen molar-refractivity contribution in [2.24, 2.45) is 0 Å². The molecule has 1 aromatic rings. The van der Waals surface area contributed by atoms with Crippen LogP contribution < -0.4 is 5.73 Å². The summed E-state index contributed by atoms with van der Waals surface area (Å²) in [6.45, 7) is 0. The van der Waals surface area contributed by atoms with Gasteiger partial charge in [0, 0.05) is 23.0 Å². The number of ketones is 1. The largest absolute Gasteiger partial charge is 0.398 e. The lowest BCUT2D eigenvalue weighted by Gasteiger charge is -2.09. The number of rotatable bonds is 1. The molecule has 3 heteroatoms. The first-order valence-corrected chi connectivity index (χ1v) is 5.53. The summed E-state index contributed by atoms with van der Waals surface area (Å²) in [7, 11) is 0. The molecule has 0 spiro atoms. The first-order chi connectivity index (χ1) is 6.66. The van der Waals surface area contributed by atoms with Gasteiger partial charge in [0.05, 0.1) is 0 Å². The van der Waals surface area contributed by atoms with E-state index in [4.69, 9.17) is 5.73 Å². The Bertz CT molecular complexity index is 376. The van der Waals surface area contributed by atoms with Crippen molar-refractivity contribution in [2.75, 3.05) is 5.73 Å². The number of halogens is 1. The average Bonchev–Trinajstić information content (AvgIpc) is 2.57. The van der Waals surface area contributed by atoms with Gasteiger partial charge in [-0.3, -0.25) is 4.79 Å². The van der Waals surface area contributed by atoms with Gasteiger partial charge in [0.1, 0.15) is 5.78 Å². The van der Waals surface area contributed by atoms with E-state index < -0.39 is 0 Å². The molecule has 1 aliphatic rings. The van der Waals surface area contributed by atoms with E-state index in [1.54, 1.807) is 0 Å². The van der Waals surface area contributed by atoms with Gasteiger partial charge < -0.3 is 5.73 Å². The van der Waals surface area contributed by atoms with Crippen LogP contribution in [0.3, 0.4) is 0 Å². The van der Waals surface area contributed by atoms with Gasteiger partial charge in [-0.1, -0.05) is 6.07 Å². The molecule has 0 bridgehead atoms. The Balaban J connectivity index is 2.24. The monoisotopic (exact) mass is 253 g/mol. The maximum Gasteiger partial charge on any atom is 0.133 e. The Morgan fingerprint density at radius 1 is 1.43 bits per heavy atom. The Kier molecular flexibility index (Phi) is 2.59. The minimum atomic E-state index is 0.372. The summed E-state index contributed by atoms with van der Waals surface area (Å²) in [6, 6.07) is 5.96. The second-order valence-corrected chi connectivity index (χ2v) is 4.61. The molecule has 2 rings (SSSR count). The molecule has 0 aliphatic heterocycles. The van der Waals surface area contributed by atoms with Crippen LogP contribution in [0.4, 0.5) is 5.69 Å². The second-order valence-electron chi connectivity index (χ2n) is 3.76. The highest BCUT2D eigenvalue weighted by molar-refractivity contribution is 9.10. The second kappa shape index (κ2) is 3.73. The maximum absolute atomic E-state index is 11.1. The van der Waals surface area contributed by atoms with Gasteiger partial charge >= 0.3 is 0 Å². The molecule has 1 saturated carbocycles. The summed E-state index contributed by atoms with van der Waals surface area (Å²) in [6.07, 6.45) is 2.38. The van der Waals surface area contributed by atoms with E-state index in [-0.39, 0.29) is 0 Å². The van der Waals surface area contributed by atoms with Gasteiger partial charge in [-0.25, -0.2) is 0 Å². The number of nitrogens with two attached hydrogens (primary N) is 1. The van der Waals surface area contributed by atoms with Crippen LogP contribution in [-0.4, -0.2) is 5.78 Å². The van der Waals surface area contributed by atoms with Crippen LogP contribution in [0, 0.1) is 0 Å². The smallest absolute Gasteiger partial charge is 0.133 e. The Labute approximate surface area is 91.6 Å². The maximum atomic E-state index is 11.1. The number of nitrogen functional groups attached to an aromatic ring is 1. The summed E-state index contributed by atoms with van der Waals surface area (Å²) in [5, 5.41) is 0. The number of hydrogen-bond donors (Lipinski definition) is 1. The lowest BCUT2D eigenvalue weighted by molar-refractivity contribution is -0.117. The van der Waals surface area contributed by atoms with Gasteiger partial charge in [-0.05, 0) is 46.0 Å². The van der Waals surface area contributed by atoms with Crippen LogP contribution in [-0.2, 0) is 4.79 Å². The van der Waals surface area contributed by atoms with Gasteiger partial charge in [0.25, 0.3) is 0 Å². The molecule has 1 aliphatic carbocycles. The van der Waals surface area contributed by atoms with E-state index >= 15 is 0 Å². The topological polar surface area (TPSA) is 43.1 Å². The molecule has 0 aromatic heterocycles. The summed E-state index contributed by atoms with van der Waals surface area (Å²) >= 11 is 3.36. The summed E-state index contributed by atoms with van der Waals surface area (Å²) in [5.74, 6) is 0.759. The van der Waals surface area contributed by atoms with E-state index in [1.807, 2.05) is 18.2 Å². The third kappa shape index (κ3) is 1.82. The fourth-order valence-electron chi connectivity index (χ4n) is 1.91. The molecule has 2 N–H and O–H groups in total. The van der Waals surface area contributed by atoms with E-state index in [0.717, 1.165) is 23.0 Å². The van der Waals surface area contributed by atoms with Crippen molar-refractivity contribution < 1.29 is 4.79 Å². The molecule has 0 radical (unpaired) electrons. The molecule has 0 heterocycles. The zero-order valence-corrected chi connectivity index (χ0v) is 9.38. The van der Waals surface area contributed by atoms with Gasteiger partial charge in [-0.2, -0.15) is 0 Å². The number of benzene rings is 1. The zero-order valence-electron chi connectivity index (χ0n) is 7.79. The van der Waals surface area contributed by atoms with Crippen LogP contribution in [0.5, 0.6) is 0 Å². The van der Waals surface area contributed by atoms with E-state index in [0.29, 0.717) is 18.1 Å². The molecular formula is C11H12BrNO. The van der Waals surface area contributed by atoms with Crippen LogP contribution in [0.25, 0.3) is 0 Å². The Morgan fingerprint density at radius 2 is 2.21 bits per heavy atom. The van der Waals surface area contributed by atoms with Gasteiger partial charge in [-0.15, -0.1) is 0 Å². The fourth-order valence-corrected chi connectivity index (χ4v) is 2.16. The molecule has 2 nitrogen and oxygen atoms in total. The lowest BCUT2D eigenvalue weighted by Crippen LogP contribution is -1.96. The third-order valence-electron chi connectivity index (χ3n) is 2.74. The average molecular weight is 254 g/mol. The first kappa shape index (κ1) is 9.71. The van der Waals surface area contributed by atoms with E-state index in [2.05, 4.69) is 15.9 Å². The molecular weight excluding hydrogens is 242 g/mol. The van der Waals surface area contributed by atoms with Crippen molar-refractivity contribution >= 4 is 27.4 Å². The molecule has 1 unspecified atom stereocenters. The predicted octanol–water partition coefficient (Wildman–Crippen LogP) is 2.87. The summed E-state index contributed by atoms with van der Waals surface area (Å²) < 4.78 is 0.922. The van der Waals surface area contributed by atoms with Crippen LogP contribution >= 0.6 is 15.9 Å². The van der Waals surface area contributed by atoms with Crippen LogP contribution in [0.1, 0.15) is 30.7 Å². The number of anilines is 1. The normalized spacial score (nSPS) is 21.5. The Morgan fingerprint density at radius 3 is 2.79 bits per heavy atom. The van der Waals surface area contributed by atoms with Crippen molar-refractivity contribution in [1.29, 1.82) is 0 Å². The minimum absolute atomic E-state index is 0.372. The number of hydrogen-bond acceptors (Lipinski definition) is 2. The Hall–Kier alpha value is -0.830. The number of carbonyl (C=O) groups is 1. The molecule has 0 saturated heterocycles. The standard InChI is InChI=1S/C11H12BrNO/c12-10-4-2-8(6-11(10)13)7-1-3-9(14)5-7/h2,4,6-7H,1,3,5,13H2. The fraction of sp³-hybridized carbons (Fsp3) is 0.364. The summed E-state index contributed by atoms with van der Waals surface area (Å²) in [4.78, 5) is 11.1. The van der Waals surface area contributed by atoms with Crippen molar-refractivity contribution in [3.05, 3.63) is 28.2 Å². The molecule has 1 atom stereocenters. The number of carbonyl (C=O) groups excluding carboxylic acids is 1. The third-order valence-corrected chi connectivity index (χ3v) is 3.46. The van der Waals surface area contributed by atoms with Crippen molar-refractivity contribution in [3.8, 4) is 0 Å². The lowest BCUT2D eigenvalue weighted by atomic mass is 9.97. The van der Waals surface area contributed by atoms with Crippen molar-refractivity contribution in [3.63, 3.8) is 0 Å². The van der Waals surface area contributed by atoms with Crippen LogP contribution in [0.15, 0.2) is 22.7 Å². The SMILES string of the molecule is Nc1cc(C2CCC(=O)C2)ccc1Br. The molecule has 74 valence electrons. The highest BCUT2D eigenvalue weighted by Gasteiger charge is 2.23. The van der Waals surface area contributed by atoms with Gasteiger partial charge in [0.15, 0.2) is 0 Å². The molecule has 1 fully saturated rings. The van der Waals surface area contributed by atoms with Crippen molar-refractivity contribution in [1.82, 2.24) is 0 Å². The summed E-state index contributed by atoms with van der Waals surface area (Å²) in [5.41, 5.74) is 7.73. The zero-order chi connectivity index (χ0) is 10.1. The van der Waals surface area contributed by atoms with Gasteiger partial charge in [0.2, 0.25) is 0 Å². The molecule has 0 amide bonds. The van der Waals surface area contributed by atoms with E-state index in [1.165, 1.54) is 5.56 Å². The molecule has 14 heavy (non-hydrogen) atoms. The van der Waals surface area contributed by atoms with Crippen LogP contribution in [0.2, 0.25) is 0 Å². The van der Waals surface area contributed by atoms with Crippen molar-refractivity contribution in [2.45, 2.75) is 25.2 Å². The van der Waals surface area contributed by atoms with E-state index in [9.17, 15) is 4.79 Å². The highest BCUT2D eigenvalue weighted by Crippen LogP contribution is 2.34. The highest BCUT2D eigenvalue weighted by atomic mass is 79.9. The quantitative estimate of drug-likeness (QED) is 0.783. The molecule has 1 aromatic carbocycles. The first-order valence-electron chi connectivity index (χ1n) is 4.73. The minimum Gasteiger partial charge on any atom is -0.398 e. The predicted molar refractivity (Wildman–Crippen MR) is 60.2 cm³/mol. The number of Topliss-reactive ketones (excluding diaryl/α,β-unsaturated/α-hetero) is 1.